The lowest BCUT2D eigenvalue weighted by Gasteiger charge is -2.34. The fourth-order valence-corrected chi connectivity index (χ4v) is 2.66. The van der Waals surface area contributed by atoms with Crippen molar-refractivity contribution < 1.29 is 4.79 Å². The highest BCUT2D eigenvalue weighted by molar-refractivity contribution is 6.36. The zero-order chi connectivity index (χ0) is 13.4. The maximum absolute atomic E-state index is 12.5. The monoisotopic (exact) mass is 250 g/mol. The second-order valence-corrected chi connectivity index (χ2v) is 6.21. The molecule has 1 saturated heterocycles. The summed E-state index contributed by atoms with van der Waals surface area (Å²) in [6.45, 7) is 8.33. The minimum Gasteiger partial charge on any atom is -0.344 e. The molecule has 0 aromatic carbocycles. The molecule has 1 rings (SSSR count). The van der Waals surface area contributed by atoms with Gasteiger partial charge in [-0.3, -0.25) is 4.79 Å². The molecule has 1 fully saturated rings. The van der Waals surface area contributed by atoms with E-state index in [2.05, 4.69) is 33.0 Å². The van der Waals surface area contributed by atoms with Gasteiger partial charge < -0.3 is 4.90 Å². The summed E-state index contributed by atoms with van der Waals surface area (Å²) in [7, 11) is 2.29. The van der Waals surface area contributed by atoms with Crippen LogP contribution in [0.1, 0.15) is 59.3 Å². The lowest BCUT2D eigenvalue weighted by atomic mass is 9.68. The van der Waals surface area contributed by atoms with Gasteiger partial charge in [0.05, 0.1) is 0 Å². The highest BCUT2D eigenvalue weighted by Crippen LogP contribution is 2.27. The smallest absolute Gasteiger partial charge is 0.228 e. The van der Waals surface area contributed by atoms with Crippen molar-refractivity contribution in [2.24, 2.45) is 5.41 Å². The number of carbonyl (C=O) groups is 1. The Hall–Kier alpha value is -0.465. The van der Waals surface area contributed by atoms with Gasteiger partial charge in [-0.25, -0.2) is 0 Å². The average Bonchev–Trinajstić information content (AvgIpc) is 2.38. The quantitative estimate of drug-likeness (QED) is 0.497. The van der Waals surface area contributed by atoms with E-state index < -0.39 is 0 Å². The molecule has 1 aliphatic heterocycles. The standard InChI is InChI=1S/C15H29BNO/c1-4-5-6-7-8-9-15(2,3)14(18)17-12-10-16-11-13-17/h4-13H2,1-3H3. The molecule has 103 valence electrons. The molecule has 0 aromatic rings. The average molecular weight is 250 g/mol. The largest absolute Gasteiger partial charge is 0.344 e. The van der Waals surface area contributed by atoms with Crippen molar-refractivity contribution in [1.82, 2.24) is 4.90 Å². The van der Waals surface area contributed by atoms with E-state index in [4.69, 9.17) is 0 Å². The van der Waals surface area contributed by atoms with Crippen LogP contribution in [0, 0.1) is 5.41 Å². The third kappa shape index (κ3) is 5.03. The summed E-state index contributed by atoms with van der Waals surface area (Å²) >= 11 is 0. The van der Waals surface area contributed by atoms with Gasteiger partial charge in [-0.2, -0.15) is 0 Å². The fourth-order valence-electron chi connectivity index (χ4n) is 2.66. The summed E-state index contributed by atoms with van der Waals surface area (Å²) in [5, 5.41) is 0. The molecule has 1 amide bonds. The molecule has 3 heteroatoms. The van der Waals surface area contributed by atoms with Crippen LogP contribution < -0.4 is 0 Å². The van der Waals surface area contributed by atoms with Gasteiger partial charge in [-0.05, 0) is 6.42 Å². The molecule has 0 spiro atoms. The molecule has 0 N–H and O–H groups in total. The number of nitrogens with zero attached hydrogens (tertiary/aromatic N) is 1. The highest BCUT2D eigenvalue weighted by Gasteiger charge is 2.31. The number of carbonyl (C=O) groups excluding carboxylic acids is 1. The summed E-state index contributed by atoms with van der Waals surface area (Å²) in [4.78, 5) is 14.5. The molecule has 0 unspecified atom stereocenters. The van der Waals surface area contributed by atoms with Crippen LogP contribution in [-0.4, -0.2) is 31.2 Å². The van der Waals surface area contributed by atoms with Crippen molar-refractivity contribution in [3.63, 3.8) is 0 Å². The highest BCUT2D eigenvalue weighted by atomic mass is 16.2. The van der Waals surface area contributed by atoms with Gasteiger partial charge >= 0.3 is 0 Å². The third-order valence-electron chi connectivity index (χ3n) is 3.98. The van der Waals surface area contributed by atoms with E-state index in [-0.39, 0.29) is 5.41 Å². The first-order valence-corrected chi connectivity index (χ1v) is 7.69. The maximum Gasteiger partial charge on any atom is 0.228 e. The molecular weight excluding hydrogens is 221 g/mol. The lowest BCUT2D eigenvalue weighted by Crippen LogP contribution is -2.44. The Morgan fingerprint density at radius 3 is 2.33 bits per heavy atom. The summed E-state index contributed by atoms with van der Waals surface area (Å²) in [6, 6.07) is 0. The van der Waals surface area contributed by atoms with Crippen molar-refractivity contribution in [2.45, 2.75) is 71.9 Å². The Bertz CT molecular complexity index is 247. The normalized spacial score (nSPS) is 16.5. The van der Waals surface area contributed by atoms with Gasteiger partial charge in [-0.1, -0.05) is 65.5 Å². The van der Waals surface area contributed by atoms with Gasteiger partial charge in [0.15, 0.2) is 0 Å². The Morgan fingerprint density at radius 2 is 1.72 bits per heavy atom. The Kier molecular flexibility index (Phi) is 6.81. The molecule has 0 aliphatic carbocycles. The van der Waals surface area contributed by atoms with Crippen LogP contribution in [0.15, 0.2) is 0 Å². The molecule has 2 nitrogen and oxygen atoms in total. The predicted octanol–water partition coefficient (Wildman–Crippen LogP) is 3.76. The van der Waals surface area contributed by atoms with Gasteiger partial charge in [0.1, 0.15) is 7.28 Å². The number of amides is 1. The molecule has 0 saturated carbocycles. The van der Waals surface area contributed by atoms with Crippen molar-refractivity contribution >= 4 is 13.2 Å². The van der Waals surface area contributed by atoms with Crippen molar-refractivity contribution in [3.8, 4) is 0 Å². The third-order valence-corrected chi connectivity index (χ3v) is 3.98. The topological polar surface area (TPSA) is 20.3 Å². The molecule has 18 heavy (non-hydrogen) atoms. The van der Waals surface area contributed by atoms with E-state index in [0.717, 1.165) is 32.2 Å². The summed E-state index contributed by atoms with van der Waals surface area (Å²) < 4.78 is 0. The Balaban J connectivity index is 2.29. The Labute approximate surface area is 114 Å². The van der Waals surface area contributed by atoms with Crippen LogP contribution in [-0.2, 0) is 4.79 Å². The predicted molar refractivity (Wildman–Crippen MR) is 79.1 cm³/mol. The molecule has 1 heterocycles. The first kappa shape index (κ1) is 15.6. The number of unbranched alkanes of at least 4 members (excludes halogenated alkanes) is 4. The zero-order valence-corrected chi connectivity index (χ0v) is 12.5. The van der Waals surface area contributed by atoms with Crippen LogP contribution in [0.2, 0.25) is 12.6 Å². The zero-order valence-electron chi connectivity index (χ0n) is 12.5. The van der Waals surface area contributed by atoms with E-state index in [0.29, 0.717) is 5.91 Å². The van der Waals surface area contributed by atoms with E-state index in [9.17, 15) is 4.79 Å². The van der Waals surface area contributed by atoms with Crippen molar-refractivity contribution in [3.05, 3.63) is 0 Å². The molecule has 0 bridgehead atoms. The number of hydrogen-bond donors (Lipinski definition) is 0. The van der Waals surface area contributed by atoms with Crippen molar-refractivity contribution in [1.29, 1.82) is 0 Å². The summed E-state index contributed by atoms with van der Waals surface area (Å²) in [5.74, 6) is 0.367. The number of hydrogen-bond acceptors (Lipinski definition) is 1. The molecule has 1 radical (unpaired) electrons. The van der Waals surface area contributed by atoms with Crippen LogP contribution in [0.3, 0.4) is 0 Å². The van der Waals surface area contributed by atoms with Crippen molar-refractivity contribution in [2.75, 3.05) is 13.1 Å². The molecule has 0 aromatic heterocycles. The van der Waals surface area contributed by atoms with Gasteiger partial charge in [-0.15, -0.1) is 0 Å². The lowest BCUT2D eigenvalue weighted by molar-refractivity contribution is -0.140. The molecular formula is C15H29BNO. The van der Waals surface area contributed by atoms with Crippen LogP contribution in [0.5, 0.6) is 0 Å². The van der Waals surface area contributed by atoms with Gasteiger partial charge in [0.25, 0.3) is 0 Å². The second-order valence-electron chi connectivity index (χ2n) is 6.21. The summed E-state index contributed by atoms with van der Waals surface area (Å²) in [6.07, 6.45) is 9.58. The van der Waals surface area contributed by atoms with Crippen LogP contribution >= 0.6 is 0 Å². The van der Waals surface area contributed by atoms with Gasteiger partial charge in [0.2, 0.25) is 5.91 Å². The Morgan fingerprint density at radius 1 is 1.11 bits per heavy atom. The fraction of sp³-hybridized carbons (Fsp3) is 0.933. The van der Waals surface area contributed by atoms with E-state index >= 15 is 0 Å². The first-order chi connectivity index (χ1) is 8.58. The van der Waals surface area contributed by atoms with E-state index in [1.807, 2.05) is 0 Å². The maximum atomic E-state index is 12.5. The first-order valence-electron chi connectivity index (χ1n) is 7.69. The van der Waals surface area contributed by atoms with E-state index in [1.165, 1.54) is 32.1 Å². The summed E-state index contributed by atoms with van der Waals surface area (Å²) in [5.41, 5.74) is -0.163. The number of rotatable bonds is 7. The second kappa shape index (κ2) is 7.86. The van der Waals surface area contributed by atoms with Crippen LogP contribution in [0.25, 0.3) is 0 Å². The molecule has 0 atom stereocenters. The van der Waals surface area contributed by atoms with Crippen LogP contribution in [0.4, 0.5) is 0 Å². The molecule has 1 aliphatic rings. The SMILES string of the molecule is CCCCCCCC(C)(C)C(=O)N1CC[B]CC1. The van der Waals surface area contributed by atoms with Gasteiger partial charge in [0, 0.05) is 18.5 Å². The minimum absolute atomic E-state index is 0.163. The van der Waals surface area contributed by atoms with E-state index in [1.54, 1.807) is 0 Å². The minimum atomic E-state index is -0.163.